The zero-order chi connectivity index (χ0) is 21.8. The Morgan fingerprint density at radius 2 is 1.81 bits per heavy atom. The summed E-state index contributed by atoms with van der Waals surface area (Å²) < 4.78 is 19.1. The SMILES string of the molecule is CC(C)N(CC1CN(Cc2ccco2)CC1c1ccc(F)cc1)C(=O)c1ccccc1. The number of carbonyl (C=O) groups excluding carboxylic acids is 1. The number of benzene rings is 2. The van der Waals surface area contributed by atoms with E-state index in [1.807, 2.05) is 59.5 Å². The molecule has 2 unspecified atom stereocenters. The monoisotopic (exact) mass is 420 g/mol. The molecule has 1 aliphatic heterocycles. The Hall–Kier alpha value is -2.92. The van der Waals surface area contributed by atoms with Crippen LogP contribution in [0.1, 0.15) is 41.4 Å². The van der Waals surface area contributed by atoms with Gasteiger partial charge in [-0.25, -0.2) is 4.39 Å². The van der Waals surface area contributed by atoms with Gasteiger partial charge in [0.2, 0.25) is 0 Å². The van der Waals surface area contributed by atoms with Crippen molar-refractivity contribution in [3.05, 3.63) is 95.7 Å². The summed E-state index contributed by atoms with van der Waals surface area (Å²) in [5.74, 6) is 1.22. The van der Waals surface area contributed by atoms with Gasteiger partial charge >= 0.3 is 0 Å². The van der Waals surface area contributed by atoms with Gasteiger partial charge in [-0.05, 0) is 61.7 Å². The predicted molar refractivity (Wildman–Crippen MR) is 119 cm³/mol. The number of carbonyl (C=O) groups is 1. The molecule has 1 aromatic heterocycles. The quantitative estimate of drug-likeness (QED) is 0.528. The van der Waals surface area contributed by atoms with E-state index in [0.29, 0.717) is 12.1 Å². The van der Waals surface area contributed by atoms with Crippen molar-refractivity contribution in [2.75, 3.05) is 19.6 Å². The Bertz CT molecular complexity index is 970. The molecule has 2 atom stereocenters. The first-order valence-electron chi connectivity index (χ1n) is 10.9. The van der Waals surface area contributed by atoms with Crippen molar-refractivity contribution < 1.29 is 13.6 Å². The van der Waals surface area contributed by atoms with E-state index < -0.39 is 0 Å². The van der Waals surface area contributed by atoms with Crippen LogP contribution in [0.5, 0.6) is 0 Å². The van der Waals surface area contributed by atoms with Gasteiger partial charge in [0, 0.05) is 37.2 Å². The molecule has 162 valence electrons. The van der Waals surface area contributed by atoms with Crippen molar-refractivity contribution >= 4 is 5.91 Å². The Balaban J connectivity index is 1.57. The number of nitrogens with zero attached hydrogens (tertiary/aromatic N) is 2. The highest BCUT2D eigenvalue weighted by Crippen LogP contribution is 2.35. The Morgan fingerprint density at radius 1 is 1.06 bits per heavy atom. The van der Waals surface area contributed by atoms with E-state index >= 15 is 0 Å². The maximum absolute atomic E-state index is 13.5. The minimum Gasteiger partial charge on any atom is -0.468 e. The second-order valence-corrected chi connectivity index (χ2v) is 8.61. The number of rotatable bonds is 7. The van der Waals surface area contributed by atoms with Gasteiger partial charge < -0.3 is 9.32 Å². The van der Waals surface area contributed by atoms with Gasteiger partial charge in [0.1, 0.15) is 11.6 Å². The molecule has 0 spiro atoms. The topological polar surface area (TPSA) is 36.7 Å². The van der Waals surface area contributed by atoms with Gasteiger partial charge in [-0.3, -0.25) is 9.69 Å². The molecule has 0 saturated carbocycles. The molecule has 1 saturated heterocycles. The number of amides is 1. The smallest absolute Gasteiger partial charge is 0.254 e. The van der Waals surface area contributed by atoms with E-state index in [0.717, 1.165) is 31.0 Å². The number of furan rings is 1. The van der Waals surface area contributed by atoms with Crippen molar-refractivity contribution in [2.24, 2.45) is 5.92 Å². The fraction of sp³-hybridized carbons (Fsp3) is 0.346. The Kier molecular flexibility index (Phi) is 6.52. The molecule has 0 bridgehead atoms. The average molecular weight is 421 g/mol. The number of halogens is 1. The summed E-state index contributed by atoms with van der Waals surface area (Å²) >= 11 is 0. The first kappa shape index (κ1) is 21.3. The lowest BCUT2D eigenvalue weighted by Crippen LogP contribution is -2.42. The van der Waals surface area contributed by atoms with Gasteiger partial charge in [-0.15, -0.1) is 0 Å². The molecule has 0 N–H and O–H groups in total. The lowest BCUT2D eigenvalue weighted by Gasteiger charge is -2.31. The highest BCUT2D eigenvalue weighted by molar-refractivity contribution is 5.94. The van der Waals surface area contributed by atoms with Crippen molar-refractivity contribution in [1.82, 2.24) is 9.80 Å². The fourth-order valence-corrected chi connectivity index (χ4v) is 4.51. The van der Waals surface area contributed by atoms with E-state index in [1.165, 1.54) is 12.1 Å². The van der Waals surface area contributed by atoms with Crippen molar-refractivity contribution in [2.45, 2.75) is 32.4 Å². The zero-order valence-electron chi connectivity index (χ0n) is 18.1. The van der Waals surface area contributed by atoms with Gasteiger partial charge in [0.05, 0.1) is 12.8 Å². The van der Waals surface area contributed by atoms with E-state index in [2.05, 4.69) is 18.7 Å². The third-order valence-corrected chi connectivity index (χ3v) is 6.11. The highest BCUT2D eigenvalue weighted by Gasteiger charge is 2.36. The van der Waals surface area contributed by atoms with Crippen LogP contribution in [0, 0.1) is 11.7 Å². The highest BCUT2D eigenvalue weighted by atomic mass is 19.1. The third-order valence-electron chi connectivity index (χ3n) is 6.11. The van der Waals surface area contributed by atoms with Gasteiger partial charge in [0.25, 0.3) is 5.91 Å². The minimum absolute atomic E-state index is 0.0536. The van der Waals surface area contributed by atoms with Crippen LogP contribution in [0.15, 0.2) is 77.4 Å². The lowest BCUT2D eigenvalue weighted by atomic mass is 9.88. The normalized spacial score (nSPS) is 19.1. The molecule has 0 radical (unpaired) electrons. The molecule has 3 aromatic rings. The van der Waals surface area contributed by atoms with Crippen LogP contribution in [-0.4, -0.2) is 41.4 Å². The molecule has 1 amide bonds. The molecular weight excluding hydrogens is 391 g/mol. The molecule has 5 heteroatoms. The molecule has 2 aromatic carbocycles. The van der Waals surface area contributed by atoms with E-state index in [4.69, 9.17) is 4.42 Å². The number of hydrogen-bond donors (Lipinski definition) is 0. The largest absolute Gasteiger partial charge is 0.468 e. The summed E-state index contributed by atoms with van der Waals surface area (Å²) in [6.45, 7) is 7.21. The number of likely N-dealkylation sites (tertiary alicyclic amines) is 1. The lowest BCUT2D eigenvalue weighted by molar-refractivity contribution is 0.0668. The van der Waals surface area contributed by atoms with E-state index in [-0.39, 0.29) is 29.6 Å². The fourth-order valence-electron chi connectivity index (χ4n) is 4.51. The van der Waals surface area contributed by atoms with Crippen LogP contribution in [0.25, 0.3) is 0 Å². The summed E-state index contributed by atoms with van der Waals surface area (Å²) in [7, 11) is 0. The van der Waals surface area contributed by atoms with Crippen LogP contribution >= 0.6 is 0 Å². The van der Waals surface area contributed by atoms with Gasteiger partial charge in [0.15, 0.2) is 0 Å². The standard InChI is InChI=1S/C26H29FN2O2/c1-19(2)29(26(30)21-7-4-3-5-8-21)16-22-15-28(17-24-9-6-14-31-24)18-25(22)20-10-12-23(27)13-11-20/h3-14,19,22,25H,15-18H2,1-2H3. The maximum Gasteiger partial charge on any atom is 0.254 e. The summed E-state index contributed by atoms with van der Waals surface area (Å²) in [5, 5.41) is 0. The molecule has 2 heterocycles. The van der Waals surface area contributed by atoms with Crippen LogP contribution in [0.2, 0.25) is 0 Å². The van der Waals surface area contributed by atoms with Crippen LogP contribution < -0.4 is 0 Å². The van der Waals surface area contributed by atoms with E-state index in [1.54, 1.807) is 6.26 Å². The summed E-state index contributed by atoms with van der Waals surface area (Å²) in [6, 6.07) is 20.2. The minimum atomic E-state index is -0.228. The third kappa shape index (κ3) is 5.05. The molecule has 4 rings (SSSR count). The van der Waals surface area contributed by atoms with Crippen LogP contribution in [0.3, 0.4) is 0 Å². The molecule has 1 fully saturated rings. The van der Waals surface area contributed by atoms with Crippen LogP contribution in [0.4, 0.5) is 4.39 Å². The Morgan fingerprint density at radius 3 is 2.45 bits per heavy atom. The van der Waals surface area contributed by atoms with Gasteiger partial charge in [-0.1, -0.05) is 30.3 Å². The zero-order valence-corrected chi connectivity index (χ0v) is 18.1. The summed E-state index contributed by atoms with van der Waals surface area (Å²) in [6.07, 6.45) is 1.69. The van der Waals surface area contributed by atoms with Crippen molar-refractivity contribution in [3.63, 3.8) is 0 Å². The molecule has 0 aliphatic carbocycles. The Labute approximate surface area is 183 Å². The molecule has 4 nitrogen and oxygen atoms in total. The maximum atomic E-state index is 13.5. The first-order valence-corrected chi connectivity index (χ1v) is 10.9. The van der Waals surface area contributed by atoms with Crippen LogP contribution in [-0.2, 0) is 6.54 Å². The van der Waals surface area contributed by atoms with Crippen molar-refractivity contribution in [1.29, 1.82) is 0 Å². The second-order valence-electron chi connectivity index (χ2n) is 8.61. The van der Waals surface area contributed by atoms with E-state index in [9.17, 15) is 9.18 Å². The summed E-state index contributed by atoms with van der Waals surface area (Å²) in [4.78, 5) is 17.6. The van der Waals surface area contributed by atoms with Gasteiger partial charge in [-0.2, -0.15) is 0 Å². The molecule has 31 heavy (non-hydrogen) atoms. The summed E-state index contributed by atoms with van der Waals surface area (Å²) in [5.41, 5.74) is 1.82. The number of hydrogen-bond acceptors (Lipinski definition) is 3. The predicted octanol–water partition coefficient (Wildman–Crippen LogP) is 5.19. The molecule has 1 aliphatic rings. The van der Waals surface area contributed by atoms with Crippen molar-refractivity contribution in [3.8, 4) is 0 Å². The second kappa shape index (κ2) is 9.48. The molecular formula is C26H29FN2O2. The average Bonchev–Trinajstić information content (AvgIpc) is 3.43. The first-order chi connectivity index (χ1) is 15.0.